The predicted octanol–water partition coefficient (Wildman–Crippen LogP) is 2.54. The second kappa shape index (κ2) is 6.32. The Morgan fingerprint density at radius 2 is 2.10 bits per heavy atom. The summed E-state index contributed by atoms with van der Waals surface area (Å²) in [5.74, 6) is 2.41. The molecule has 0 aliphatic rings. The molecule has 0 aromatic carbocycles. The van der Waals surface area contributed by atoms with Crippen LogP contribution in [0.4, 0.5) is 11.6 Å². The third-order valence-electron chi connectivity index (χ3n) is 3.15. The summed E-state index contributed by atoms with van der Waals surface area (Å²) < 4.78 is 0. The highest BCUT2D eigenvalue weighted by molar-refractivity contribution is 5.55. The SMILES string of the molecule is Cc1c(N)nc(C(C)C)nc1NCCc1cccnc1. The van der Waals surface area contributed by atoms with Crippen LogP contribution in [0.25, 0.3) is 0 Å². The standard InChI is InChI=1S/C15H21N5/c1-10(2)14-19-13(16)11(3)15(20-14)18-8-6-12-5-4-7-17-9-12/h4-5,7,9-10H,6,8H2,1-3H3,(H3,16,18,19,20). The molecule has 5 nitrogen and oxygen atoms in total. The first-order valence-electron chi connectivity index (χ1n) is 6.84. The quantitative estimate of drug-likeness (QED) is 0.874. The van der Waals surface area contributed by atoms with E-state index in [1.807, 2.05) is 19.2 Å². The normalized spacial score (nSPS) is 10.8. The number of hydrogen-bond acceptors (Lipinski definition) is 5. The molecule has 0 amide bonds. The lowest BCUT2D eigenvalue weighted by atomic mass is 10.2. The maximum absolute atomic E-state index is 5.94. The number of nitrogen functional groups attached to an aromatic ring is 1. The van der Waals surface area contributed by atoms with Gasteiger partial charge in [0, 0.05) is 30.4 Å². The number of anilines is 2. The molecule has 0 unspecified atom stereocenters. The molecule has 0 bridgehead atoms. The van der Waals surface area contributed by atoms with Crippen molar-refractivity contribution in [1.29, 1.82) is 0 Å². The van der Waals surface area contributed by atoms with Gasteiger partial charge in [0.2, 0.25) is 0 Å². The van der Waals surface area contributed by atoms with Gasteiger partial charge in [-0.2, -0.15) is 0 Å². The molecule has 2 aromatic heterocycles. The van der Waals surface area contributed by atoms with Gasteiger partial charge in [-0.05, 0) is 25.0 Å². The Morgan fingerprint density at radius 3 is 2.75 bits per heavy atom. The molecule has 2 heterocycles. The van der Waals surface area contributed by atoms with Gasteiger partial charge in [0.05, 0.1) is 0 Å². The lowest BCUT2D eigenvalue weighted by Gasteiger charge is -2.13. The van der Waals surface area contributed by atoms with Crippen LogP contribution in [0, 0.1) is 6.92 Å². The van der Waals surface area contributed by atoms with Gasteiger partial charge in [-0.15, -0.1) is 0 Å². The van der Waals surface area contributed by atoms with E-state index in [4.69, 9.17) is 5.73 Å². The highest BCUT2D eigenvalue weighted by atomic mass is 15.1. The number of hydrogen-bond donors (Lipinski definition) is 2. The van der Waals surface area contributed by atoms with E-state index in [1.54, 1.807) is 6.20 Å². The Kier molecular flexibility index (Phi) is 4.50. The van der Waals surface area contributed by atoms with Crippen LogP contribution in [0.3, 0.4) is 0 Å². The van der Waals surface area contributed by atoms with Gasteiger partial charge in [0.25, 0.3) is 0 Å². The number of nitrogens with zero attached hydrogens (tertiary/aromatic N) is 3. The van der Waals surface area contributed by atoms with E-state index in [-0.39, 0.29) is 5.92 Å². The summed E-state index contributed by atoms with van der Waals surface area (Å²) >= 11 is 0. The van der Waals surface area contributed by atoms with Crippen LogP contribution >= 0.6 is 0 Å². The number of nitrogens with two attached hydrogens (primary N) is 1. The number of pyridine rings is 1. The maximum Gasteiger partial charge on any atom is 0.135 e. The van der Waals surface area contributed by atoms with E-state index in [9.17, 15) is 0 Å². The van der Waals surface area contributed by atoms with E-state index < -0.39 is 0 Å². The minimum atomic E-state index is 0.261. The molecule has 3 N–H and O–H groups in total. The zero-order chi connectivity index (χ0) is 14.5. The third kappa shape index (κ3) is 3.44. The Morgan fingerprint density at radius 1 is 1.30 bits per heavy atom. The predicted molar refractivity (Wildman–Crippen MR) is 81.7 cm³/mol. The number of rotatable bonds is 5. The second-order valence-electron chi connectivity index (χ2n) is 5.13. The van der Waals surface area contributed by atoms with Crippen molar-refractivity contribution in [3.63, 3.8) is 0 Å². The molecule has 0 fully saturated rings. The van der Waals surface area contributed by atoms with Gasteiger partial charge in [0.1, 0.15) is 17.5 Å². The molecular weight excluding hydrogens is 250 g/mol. The first-order chi connectivity index (χ1) is 9.58. The van der Waals surface area contributed by atoms with E-state index in [0.29, 0.717) is 5.82 Å². The van der Waals surface area contributed by atoms with Crippen LogP contribution in [0.15, 0.2) is 24.5 Å². The Labute approximate surface area is 119 Å². The summed E-state index contributed by atoms with van der Waals surface area (Å²) in [5.41, 5.74) is 8.04. The highest BCUT2D eigenvalue weighted by Gasteiger charge is 2.10. The molecule has 2 rings (SSSR count). The van der Waals surface area contributed by atoms with Crippen LogP contribution in [-0.2, 0) is 6.42 Å². The average Bonchev–Trinajstić information content (AvgIpc) is 2.44. The van der Waals surface area contributed by atoms with Crippen LogP contribution in [0.1, 0.15) is 36.7 Å². The molecule has 0 saturated heterocycles. The van der Waals surface area contributed by atoms with Crippen LogP contribution in [0.5, 0.6) is 0 Å². The molecule has 0 aliphatic carbocycles. The zero-order valence-corrected chi connectivity index (χ0v) is 12.2. The first-order valence-corrected chi connectivity index (χ1v) is 6.84. The molecule has 0 spiro atoms. The molecule has 0 radical (unpaired) electrons. The number of aromatic nitrogens is 3. The summed E-state index contributed by atoms with van der Waals surface area (Å²) in [5, 5.41) is 3.34. The van der Waals surface area contributed by atoms with Gasteiger partial charge < -0.3 is 11.1 Å². The second-order valence-corrected chi connectivity index (χ2v) is 5.13. The van der Waals surface area contributed by atoms with Gasteiger partial charge in [-0.25, -0.2) is 9.97 Å². The van der Waals surface area contributed by atoms with Crippen molar-refractivity contribution in [2.75, 3.05) is 17.6 Å². The first kappa shape index (κ1) is 14.2. The summed E-state index contributed by atoms with van der Waals surface area (Å²) in [6, 6.07) is 4.01. The fourth-order valence-corrected chi connectivity index (χ4v) is 1.85. The molecule has 0 saturated carbocycles. The van der Waals surface area contributed by atoms with Crippen molar-refractivity contribution in [2.24, 2.45) is 0 Å². The van der Waals surface area contributed by atoms with E-state index in [2.05, 4.69) is 40.2 Å². The summed E-state index contributed by atoms with van der Waals surface area (Å²) in [4.78, 5) is 13.0. The topological polar surface area (TPSA) is 76.7 Å². The smallest absolute Gasteiger partial charge is 0.135 e. The van der Waals surface area contributed by atoms with Crippen LogP contribution in [-0.4, -0.2) is 21.5 Å². The average molecular weight is 271 g/mol. The molecular formula is C15H21N5. The van der Waals surface area contributed by atoms with Crippen molar-refractivity contribution in [3.05, 3.63) is 41.5 Å². The molecule has 20 heavy (non-hydrogen) atoms. The Balaban J connectivity index is 2.05. The Bertz CT molecular complexity index is 566. The lowest BCUT2D eigenvalue weighted by Crippen LogP contribution is -2.12. The number of nitrogens with one attached hydrogen (secondary N) is 1. The molecule has 5 heteroatoms. The van der Waals surface area contributed by atoms with Crippen molar-refractivity contribution in [2.45, 2.75) is 33.1 Å². The molecule has 0 atom stereocenters. The van der Waals surface area contributed by atoms with Gasteiger partial charge in [-0.1, -0.05) is 19.9 Å². The molecule has 106 valence electrons. The van der Waals surface area contributed by atoms with E-state index in [1.165, 1.54) is 5.56 Å². The summed E-state index contributed by atoms with van der Waals surface area (Å²) in [6.07, 6.45) is 4.55. The lowest BCUT2D eigenvalue weighted by molar-refractivity contribution is 0.774. The van der Waals surface area contributed by atoms with Crippen molar-refractivity contribution >= 4 is 11.6 Å². The van der Waals surface area contributed by atoms with E-state index in [0.717, 1.165) is 30.2 Å². The highest BCUT2D eigenvalue weighted by Crippen LogP contribution is 2.20. The van der Waals surface area contributed by atoms with Crippen LogP contribution in [0.2, 0.25) is 0 Å². The van der Waals surface area contributed by atoms with E-state index >= 15 is 0 Å². The van der Waals surface area contributed by atoms with Crippen molar-refractivity contribution in [3.8, 4) is 0 Å². The van der Waals surface area contributed by atoms with Gasteiger partial charge >= 0.3 is 0 Å². The molecule has 0 aliphatic heterocycles. The van der Waals surface area contributed by atoms with Gasteiger partial charge in [-0.3, -0.25) is 4.98 Å². The van der Waals surface area contributed by atoms with Gasteiger partial charge in [0.15, 0.2) is 0 Å². The largest absolute Gasteiger partial charge is 0.383 e. The minimum Gasteiger partial charge on any atom is -0.383 e. The third-order valence-corrected chi connectivity index (χ3v) is 3.15. The fourth-order valence-electron chi connectivity index (χ4n) is 1.85. The summed E-state index contributed by atoms with van der Waals surface area (Å²) in [6.45, 7) is 6.85. The van der Waals surface area contributed by atoms with Crippen LogP contribution < -0.4 is 11.1 Å². The zero-order valence-electron chi connectivity index (χ0n) is 12.2. The maximum atomic E-state index is 5.94. The molecule has 2 aromatic rings. The Hall–Kier alpha value is -2.17. The minimum absolute atomic E-state index is 0.261. The monoisotopic (exact) mass is 271 g/mol. The van der Waals surface area contributed by atoms with Crippen molar-refractivity contribution < 1.29 is 0 Å². The fraction of sp³-hybridized carbons (Fsp3) is 0.400. The summed E-state index contributed by atoms with van der Waals surface area (Å²) in [7, 11) is 0. The van der Waals surface area contributed by atoms with Crippen molar-refractivity contribution in [1.82, 2.24) is 15.0 Å².